The van der Waals surface area contributed by atoms with Crippen molar-refractivity contribution in [2.45, 2.75) is 39.7 Å². The van der Waals surface area contributed by atoms with E-state index >= 15 is 0 Å². The van der Waals surface area contributed by atoms with Gasteiger partial charge in [-0.2, -0.15) is 0 Å². The van der Waals surface area contributed by atoms with Gasteiger partial charge in [-0.25, -0.2) is 15.0 Å². The Morgan fingerprint density at radius 3 is 2.24 bits per heavy atom. The molecule has 0 unspecified atom stereocenters. The van der Waals surface area contributed by atoms with E-state index in [9.17, 15) is 9.90 Å². The van der Waals surface area contributed by atoms with Crippen molar-refractivity contribution in [3.63, 3.8) is 0 Å². The number of aromatic nitrogens is 4. The number of fused-ring (bicyclic) bond motifs is 1. The number of pyridine rings is 1. The van der Waals surface area contributed by atoms with Crippen LogP contribution < -0.4 is 4.90 Å². The van der Waals surface area contributed by atoms with Crippen molar-refractivity contribution in [3.05, 3.63) is 77.2 Å². The number of ether oxygens (including phenoxy) is 1. The average Bonchev–Trinajstić information content (AvgIpc) is 3.46. The summed E-state index contributed by atoms with van der Waals surface area (Å²) in [6, 6.07) is 13.4. The van der Waals surface area contributed by atoms with Crippen molar-refractivity contribution in [2.24, 2.45) is 0 Å². The molecule has 1 aliphatic heterocycles. The maximum absolute atomic E-state index is 11.7. The molecule has 0 amide bonds. The Kier molecular flexibility index (Phi) is 11.4. The van der Waals surface area contributed by atoms with E-state index in [1.807, 2.05) is 49.4 Å². The third kappa shape index (κ3) is 8.86. The summed E-state index contributed by atoms with van der Waals surface area (Å²) in [4.78, 5) is 32.5. The van der Waals surface area contributed by atoms with Crippen LogP contribution >= 0.6 is 22.9 Å². The predicted molar refractivity (Wildman–Crippen MR) is 185 cm³/mol. The fourth-order valence-corrected chi connectivity index (χ4v) is 6.02. The third-order valence-electron chi connectivity index (χ3n) is 6.71. The molecule has 0 spiro atoms. The van der Waals surface area contributed by atoms with Crippen LogP contribution in [0.15, 0.2) is 61.1 Å². The number of aliphatic hydroxyl groups is 1. The molecule has 2 aromatic carbocycles. The number of halogens is 1. The number of rotatable bonds is 6. The first-order valence-electron chi connectivity index (χ1n) is 14.5. The quantitative estimate of drug-likeness (QED) is 0.187. The fraction of sp³-hybridized carbons (Fsp3) is 0.286. The number of terminal acetylenes is 1. The molecule has 0 aliphatic carbocycles. The van der Waals surface area contributed by atoms with Gasteiger partial charge in [-0.05, 0) is 74.7 Å². The monoisotopic (exact) mass is 657 g/mol. The first kappa shape index (κ1) is 34.5. The highest BCUT2D eigenvalue weighted by Crippen LogP contribution is 2.41. The predicted octanol–water partition coefficient (Wildman–Crippen LogP) is 6.93. The molecule has 46 heavy (non-hydrogen) atoms. The molecule has 9 nitrogen and oxygen atoms in total. The number of thiazole rings is 1. The molecule has 2 N–H and O–H groups in total. The number of anilines is 1. The van der Waals surface area contributed by atoms with Crippen molar-refractivity contribution in [1.82, 2.24) is 19.9 Å². The zero-order valence-corrected chi connectivity index (χ0v) is 27.8. The van der Waals surface area contributed by atoms with Crippen LogP contribution in [0.1, 0.15) is 31.9 Å². The molecule has 5 aromatic rings. The van der Waals surface area contributed by atoms with Gasteiger partial charge in [-0.1, -0.05) is 23.7 Å². The molecule has 1 fully saturated rings. The lowest BCUT2D eigenvalue weighted by Gasteiger charge is -2.26. The molecule has 11 heteroatoms. The summed E-state index contributed by atoms with van der Waals surface area (Å²) in [5.74, 6) is -0.190. The van der Waals surface area contributed by atoms with Gasteiger partial charge in [0.1, 0.15) is 5.01 Å². The second kappa shape index (κ2) is 15.3. The molecule has 0 radical (unpaired) electrons. The molecule has 1 aliphatic rings. The topological polar surface area (TPSA) is 122 Å². The van der Waals surface area contributed by atoms with Crippen LogP contribution in [0.25, 0.3) is 43.2 Å². The van der Waals surface area contributed by atoms with Gasteiger partial charge in [0.2, 0.25) is 5.95 Å². The Morgan fingerprint density at radius 1 is 1.00 bits per heavy atom. The van der Waals surface area contributed by atoms with Gasteiger partial charge in [-0.15, -0.1) is 24.2 Å². The summed E-state index contributed by atoms with van der Waals surface area (Å²) < 4.78 is 6.35. The minimum absolute atomic E-state index is 0.0766. The summed E-state index contributed by atoms with van der Waals surface area (Å²) >= 11 is 7.68. The lowest BCUT2D eigenvalue weighted by atomic mass is 9.93. The minimum atomic E-state index is -0.877. The van der Waals surface area contributed by atoms with E-state index in [-0.39, 0.29) is 6.42 Å². The summed E-state index contributed by atoms with van der Waals surface area (Å²) in [6.07, 6.45) is 13.3. The minimum Gasteiger partial charge on any atom is -0.481 e. The van der Waals surface area contributed by atoms with Gasteiger partial charge in [0.05, 0.1) is 41.1 Å². The van der Waals surface area contributed by atoms with Crippen LogP contribution in [0.2, 0.25) is 5.02 Å². The molecule has 0 atom stereocenters. The summed E-state index contributed by atoms with van der Waals surface area (Å²) in [6.45, 7) is 10.1. The van der Waals surface area contributed by atoms with Crippen molar-refractivity contribution >= 4 is 45.1 Å². The Morgan fingerprint density at radius 2 is 1.63 bits per heavy atom. The largest absolute Gasteiger partial charge is 0.481 e. The van der Waals surface area contributed by atoms with Gasteiger partial charge >= 0.3 is 5.97 Å². The SMILES string of the molecule is C#C.CC(C)(C)O.Cc1cc2nc(-c3ccnc(-c4cnc(N5CCOCC5)nc4)c3)sc2c(-c2ccc(Cl)cc2)c1CC(=O)O. The third-order valence-corrected chi connectivity index (χ3v) is 8.10. The van der Waals surface area contributed by atoms with Crippen LogP contribution in [0.4, 0.5) is 5.95 Å². The molecular formula is C35H36ClN5O4S. The maximum atomic E-state index is 11.7. The number of aryl methyl sites for hydroxylation is 1. The van der Waals surface area contributed by atoms with Gasteiger partial charge in [0.15, 0.2) is 0 Å². The van der Waals surface area contributed by atoms with Gasteiger partial charge < -0.3 is 19.8 Å². The Labute approximate surface area is 277 Å². The van der Waals surface area contributed by atoms with Gasteiger partial charge in [0.25, 0.3) is 0 Å². The number of morpholine rings is 1. The molecule has 238 valence electrons. The Bertz CT molecular complexity index is 1800. The molecule has 1 saturated heterocycles. The van der Waals surface area contributed by atoms with E-state index in [0.29, 0.717) is 24.2 Å². The van der Waals surface area contributed by atoms with E-state index in [4.69, 9.17) is 26.4 Å². The van der Waals surface area contributed by atoms with Crippen LogP contribution in [0.3, 0.4) is 0 Å². The van der Waals surface area contributed by atoms with E-state index in [2.05, 4.69) is 32.7 Å². The second-order valence-corrected chi connectivity index (χ2v) is 12.9. The van der Waals surface area contributed by atoms with Crippen molar-refractivity contribution < 1.29 is 19.7 Å². The van der Waals surface area contributed by atoms with Gasteiger partial charge in [-0.3, -0.25) is 9.78 Å². The highest BCUT2D eigenvalue weighted by atomic mass is 35.5. The van der Waals surface area contributed by atoms with Crippen LogP contribution in [0, 0.1) is 19.8 Å². The normalized spacial score (nSPS) is 12.9. The first-order chi connectivity index (χ1) is 22.0. The fourth-order valence-electron chi connectivity index (χ4n) is 4.76. The lowest BCUT2D eigenvalue weighted by Crippen LogP contribution is -2.37. The van der Waals surface area contributed by atoms with Crippen molar-refractivity contribution in [2.75, 3.05) is 31.2 Å². The second-order valence-electron chi connectivity index (χ2n) is 11.5. The maximum Gasteiger partial charge on any atom is 0.307 e. The number of hydrogen-bond acceptors (Lipinski definition) is 9. The van der Waals surface area contributed by atoms with Crippen molar-refractivity contribution in [1.29, 1.82) is 0 Å². The average molecular weight is 658 g/mol. The van der Waals surface area contributed by atoms with E-state index in [1.165, 1.54) is 11.3 Å². The van der Waals surface area contributed by atoms with Gasteiger partial charge in [0, 0.05) is 53.4 Å². The number of benzene rings is 2. The smallest absolute Gasteiger partial charge is 0.307 e. The number of carboxylic acid groups (broad SMARTS) is 1. The zero-order valence-electron chi connectivity index (χ0n) is 26.2. The zero-order chi connectivity index (χ0) is 33.4. The summed E-state index contributed by atoms with van der Waals surface area (Å²) in [5.41, 5.74) is 6.26. The first-order valence-corrected chi connectivity index (χ1v) is 15.7. The van der Waals surface area contributed by atoms with Crippen molar-refractivity contribution in [3.8, 4) is 45.8 Å². The molecule has 4 heterocycles. The molecule has 6 rings (SSSR count). The van der Waals surface area contributed by atoms with Crippen LogP contribution in [-0.2, 0) is 16.0 Å². The molecule has 0 saturated carbocycles. The number of nitrogens with zero attached hydrogens (tertiary/aromatic N) is 5. The summed E-state index contributed by atoms with van der Waals surface area (Å²) in [5, 5.41) is 19.6. The van der Waals surface area contributed by atoms with E-state index in [0.717, 1.165) is 67.4 Å². The van der Waals surface area contributed by atoms with E-state index in [1.54, 1.807) is 39.4 Å². The number of carboxylic acids is 1. The Balaban J connectivity index is 0.000000628. The summed E-state index contributed by atoms with van der Waals surface area (Å²) in [7, 11) is 0. The number of aliphatic carboxylic acids is 1. The van der Waals surface area contributed by atoms with Crippen LogP contribution in [0.5, 0.6) is 0 Å². The standard InChI is InChI=1S/C29H24ClN5O3S.C4H10O.C2H2/c1-17-12-24-27(26(22(17)14-25(36)37)18-2-4-21(30)5-3-18)39-28(34-24)19-6-7-31-23(13-19)20-15-32-29(33-16-20)35-8-10-38-11-9-35;1-4(2,3)5;1-2/h2-7,12-13,15-16H,8-11,14H2,1H3,(H,36,37);5H,1-3H3;1-2H. The molecule has 3 aromatic heterocycles. The lowest BCUT2D eigenvalue weighted by molar-refractivity contribution is -0.136. The molecule has 0 bridgehead atoms. The molecular weight excluding hydrogens is 622 g/mol. The number of carbonyl (C=O) groups is 1. The van der Waals surface area contributed by atoms with Crippen LogP contribution in [-0.4, -0.2) is 68.0 Å². The van der Waals surface area contributed by atoms with E-state index < -0.39 is 11.6 Å². The highest BCUT2D eigenvalue weighted by Gasteiger charge is 2.20. The Hall–Kier alpha value is -4.40. The number of hydrogen-bond donors (Lipinski definition) is 2. The highest BCUT2D eigenvalue weighted by molar-refractivity contribution is 7.22.